The van der Waals surface area contributed by atoms with Gasteiger partial charge in [-0.25, -0.2) is 0 Å². The van der Waals surface area contributed by atoms with Crippen LogP contribution in [0.3, 0.4) is 0 Å². The minimum Gasteiger partial charge on any atom is -1.00 e. The first kappa shape index (κ1) is 38.7. The summed E-state index contributed by atoms with van der Waals surface area (Å²) in [5.41, 5.74) is 0. The van der Waals surface area contributed by atoms with Crippen LogP contribution in [0.2, 0.25) is 0 Å². The summed E-state index contributed by atoms with van der Waals surface area (Å²) in [6.07, 6.45) is 0. The maximum absolute atomic E-state index is 0. The van der Waals surface area contributed by atoms with Crippen molar-refractivity contribution in [3.63, 3.8) is 0 Å². The van der Waals surface area contributed by atoms with Crippen molar-refractivity contribution in [3.05, 3.63) is 0 Å². The third-order valence-corrected chi connectivity index (χ3v) is 0. The average Bonchev–Trinajstić information content (AvgIpc) is 0. The Morgan fingerprint density at radius 3 is 0.600 bits per heavy atom. The van der Waals surface area contributed by atoms with Crippen LogP contribution >= 0.6 is 0 Å². The summed E-state index contributed by atoms with van der Waals surface area (Å²) in [7, 11) is 0. The molecule has 0 aromatic heterocycles. The van der Waals surface area contributed by atoms with Crippen LogP contribution in [0.15, 0.2) is 0 Å². The SMILES string of the molecule is [Cl-].[Cl-].[Cl-].[Cs+].[Zn+2]. The summed E-state index contributed by atoms with van der Waals surface area (Å²) in [6.45, 7) is 0. The van der Waals surface area contributed by atoms with E-state index in [1.165, 1.54) is 0 Å². The molecule has 0 N–H and O–H groups in total. The summed E-state index contributed by atoms with van der Waals surface area (Å²) in [4.78, 5) is 0. The van der Waals surface area contributed by atoms with Crippen molar-refractivity contribution in [2.24, 2.45) is 0 Å². The van der Waals surface area contributed by atoms with Crippen LogP contribution in [-0.2, 0) is 19.5 Å². The molecule has 0 radical (unpaired) electrons. The van der Waals surface area contributed by atoms with Crippen molar-refractivity contribution in [1.29, 1.82) is 0 Å². The maximum Gasteiger partial charge on any atom is 2.00 e. The molecule has 5 heavy (non-hydrogen) atoms. The largest absolute Gasteiger partial charge is 2.00 e. The van der Waals surface area contributed by atoms with Crippen LogP contribution in [0.1, 0.15) is 0 Å². The molecule has 0 nitrogen and oxygen atoms in total. The van der Waals surface area contributed by atoms with Gasteiger partial charge in [-0.3, -0.25) is 0 Å². The van der Waals surface area contributed by atoms with Gasteiger partial charge in [0.1, 0.15) is 0 Å². The Morgan fingerprint density at radius 1 is 0.600 bits per heavy atom. The monoisotopic (exact) mass is 302 g/mol. The molecule has 0 spiro atoms. The van der Waals surface area contributed by atoms with E-state index in [1.54, 1.807) is 0 Å². The normalized spacial score (nSPS) is 0. The van der Waals surface area contributed by atoms with Gasteiger partial charge in [0.05, 0.1) is 0 Å². The molecule has 0 saturated heterocycles. The van der Waals surface area contributed by atoms with Crippen molar-refractivity contribution in [2.75, 3.05) is 0 Å². The minimum absolute atomic E-state index is 0. The molecule has 0 aromatic rings. The summed E-state index contributed by atoms with van der Waals surface area (Å²) in [5, 5.41) is 0. The Balaban J connectivity index is 0. The molecule has 0 unspecified atom stereocenters. The zero-order chi connectivity index (χ0) is 0. The van der Waals surface area contributed by atoms with Crippen LogP contribution in [0, 0.1) is 0 Å². The fourth-order valence-corrected chi connectivity index (χ4v) is 0. The fourth-order valence-electron chi connectivity index (χ4n) is 0. The molecule has 0 fully saturated rings. The van der Waals surface area contributed by atoms with E-state index in [0.29, 0.717) is 0 Å². The molecule has 0 rings (SSSR count). The van der Waals surface area contributed by atoms with Gasteiger partial charge in [-0.1, -0.05) is 0 Å². The van der Waals surface area contributed by atoms with Gasteiger partial charge >= 0.3 is 88.4 Å². The van der Waals surface area contributed by atoms with Crippen molar-refractivity contribution < 1.29 is 126 Å². The molecule has 24 valence electrons. The molecule has 0 bridgehead atoms. The standard InChI is InChI=1S/3ClH.Cs.Zn/h3*1H;;/q;;;+1;+2/p-3. The molecular formula is Cl3CsZn. The van der Waals surface area contributed by atoms with Crippen molar-refractivity contribution in [1.82, 2.24) is 0 Å². The maximum atomic E-state index is 0. The van der Waals surface area contributed by atoms with E-state index in [2.05, 4.69) is 0 Å². The molecule has 0 heterocycles. The number of rotatable bonds is 0. The Kier molecular flexibility index (Phi) is 199. The van der Waals surface area contributed by atoms with Crippen LogP contribution in [0.5, 0.6) is 0 Å². The molecule has 0 amide bonds. The van der Waals surface area contributed by atoms with Gasteiger partial charge in [-0.05, 0) is 0 Å². The van der Waals surface area contributed by atoms with E-state index in [0.717, 1.165) is 0 Å². The predicted molar refractivity (Wildman–Crippen MR) is 0 cm³/mol. The van der Waals surface area contributed by atoms with Crippen molar-refractivity contribution in [3.8, 4) is 0 Å². The predicted octanol–water partition coefficient (Wildman–Crippen LogP) is -12.0. The molecule has 0 aliphatic carbocycles. The first-order chi connectivity index (χ1) is 0. The van der Waals surface area contributed by atoms with Gasteiger partial charge in [0.2, 0.25) is 0 Å². The summed E-state index contributed by atoms with van der Waals surface area (Å²) >= 11 is 0. The number of hydrogen-bond acceptors (Lipinski definition) is 0. The van der Waals surface area contributed by atoms with Gasteiger partial charge in [0, 0.05) is 0 Å². The third-order valence-electron chi connectivity index (χ3n) is 0. The second kappa shape index (κ2) is 25.7. The molecule has 0 aliphatic heterocycles. The molecule has 0 aliphatic rings. The molecule has 0 atom stereocenters. The Hall–Kier alpha value is 3.55. The number of halogens is 3. The van der Waals surface area contributed by atoms with Crippen molar-refractivity contribution in [2.45, 2.75) is 0 Å². The van der Waals surface area contributed by atoms with E-state index in [9.17, 15) is 0 Å². The van der Waals surface area contributed by atoms with Gasteiger partial charge in [0.15, 0.2) is 0 Å². The zero-order valence-electron chi connectivity index (χ0n) is 2.84. The van der Waals surface area contributed by atoms with Gasteiger partial charge in [0.25, 0.3) is 0 Å². The second-order valence-electron chi connectivity index (χ2n) is 0. The summed E-state index contributed by atoms with van der Waals surface area (Å²) in [6, 6.07) is 0. The third kappa shape index (κ3) is 18.5. The Morgan fingerprint density at radius 2 is 0.600 bits per heavy atom. The Bertz CT molecular complexity index is 6.85. The number of hydrogen-bond donors (Lipinski definition) is 0. The summed E-state index contributed by atoms with van der Waals surface area (Å²) in [5.74, 6) is 0. The van der Waals surface area contributed by atoms with Crippen molar-refractivity contribution >= 4 is 0 Å². The van der Waals surface area contributed by atoms with E-state index in [1.807, 2.05) is 0 Å². The first-order valence-corrected chi connectivity index (χ1v) is 0. The quantitative estimate of drug-likeness (QED) is 0.390. The zero-order valence-corrected chi connectivity index (χ0v) is 14.4. The minimum atomic E-state index is 0. The fraction of sp³-hybridized carbons (Fsp3) is 0. The van der Waals surface area contributed by atoms with Gasteiger partial charge in [-0.2, -0.15) is 0 Å². The van der Waals surface area contributed by atoms with Crippen LogP contribution in [0.4, 0.5) is 0 Å². The Labute approximate surface area is 122 Å². The van der Waals surface area contributed by atoms with Gasteiger partial charge in [-0.15, -0.1) is 0 Å². The van der Waals surface area contributed by atoms with Crippen LogP contribution in [0.25, 0.3) is 0 Å². The summed E-state index contributed by atoms with van der Waals surface area (Å²) < 4.78 is 0. The second-order valence-corrected chi connectivity index (χ2v) is 0. The average molecular weight is 305 g/mol. The molecule has 5 heteroatoms. The van der Waals surface area contributed by atoms with E-state index in [4.69, 9.17) is 0 Å². The van der Waals surface area contributed by atoms with Crippen LogP contribution in [-0.4, -0.2) is 0 Å². The first-order valence-electron chi connectivity index (χ1n) is 0. The van der Waals surface area contributed by atoms with E-state index in [-0.39, 0.29) is 126 Å². The molecule has 0 saturated carbocycles. The van der Waals surface area contributed by atoms with Crippen LogP contribution < -0.4 is 106 Å². The molecular weight excluding hydrogens is 305 g/mol. The van der Waals surface area contributed by atoms with E-state index < -0.39 is 0 Å². The topological polar surface area (TPSA) is 0 Å². The van der Waals surface area contributed by atoms with Gasteiger partial charge < -0.3 is 37.2 Å². The smallest absolute Gasteiger partial charge is 1.00 e. The molecule has 0 aromatic carbocycles. The van der Waals surface area contributed by atoms with E-state index >= 15 is 0 Å².